The van der Waals surface area contributed by atoms with Crippen LogP contribution >= 0.6 is 0 Å². The van der Waals surface area contributed by atoms with Crippen LogP contribution in [0.25, 0.3) is 22.6 Å². The van der Waals surface area contributed by atoms with Crippen LogP contribution in [0.2, 0.25) is 0 Å². The van der Waals surface area contributed by atoms with Crippen LogP contribution in [0.4, 0.5) is 0 Å². The molecule has 1 aliphatic carbocycles. The summed E-state index contributed by atoms with van der Waals surface area (Å²) in [6.45, 7) is 6.61. The van der Waals surface area contributed by atoms with E-state index in [1.165, 1.54) is 5.56 Å². The van der Waals surface area contributed by atoms with Gasteiger partial charge in [0, 0.05) is 10.9 Å². The van der Waals surface area contributed by atoms with Gasteiger partial charge in [0.05, 0.1) is 17.2 Å². The Kier molecular flexibility index (Phi) is 4.54. The first-order chi connectivity index (χ1) is 13.3. The molecule has 3 heteroatoms. The minimum absolute atomic E-state index is 0.118. The zero-order valence-corrected chi connectivity index (χ0v) is 16.6. The number of carbonyl (C=O) groups is 1. The molecule has 0 saturated carbocycles. The van der Waals surface area contributed by atoms with E-state index in [4.69, 9.17) is 4.98 Å². The van der Waals surface area contributed by atoms with Crippen molar-refractivity contribution in [1.82, 2.24) is 4.98 Å². The van der Waals surface area contributed by atoms with Gasteiger partial charge in [-0.2, -0.15) is 0 Å². The molecule has 1 aromatic heterocycles. The standard InChI is InChI=1S/C25H25NO2/c1-25(2,3)18-13-11-16(12-14-18)15-17-7-6-9-20-22(24(27)28)19-8-4-5-10-21(19)26-23(17)20/h4-5,8,10-15H,6-7,9H2,1-3H3,(H,27,28)/p-1/b17-15+. The molecule has 0 N–H and O–H groups in total. The number of carboxylic acid groups (broad SMARTS) is 1. The number of hydrogen-bond donors (Lipinski definition) is 0. The molecule has 0 spiro atoms. The van der Waals surface area contributed by atoms with Crippen LogP contribution in [0.5, 0.6) is 0 Å². The predicted molar refractivity (Wildman–Crippen MR) is 112 cm³/mol. The summed E-state index contributed by atoms with van der Waals surface area (Å²) in [7, 11) is 0. The number of rotatable bonds is 2. The SMILES string of the molecule is CC(C)(C)c1ccc(/C=C2\CCCc3c2nc2ccccc2c3C(=O)[O-])cc1. The van der Waals surface area contributed by atoms with E-state index in [-0.39, 0.29) is 5.41 Å². The Hall–Kier alpha value is -2.94. The lowest BCUT2D eigenvalue weighted by molar-refractivity contribution is -0.254. The maximum absolute atomic E-state index is 11.9. The van der Waals surface area contributed by atoms with Crippen LogP contribution in [-0.2, 0) is 11.8 Å². The van der Waals surface area contributed by atoms with E-state index in [9.17, 15) is 9.90 Å². The van der Waals surface area contributed by atoms with Crippen molar-refractivity contribution in [3.05, 3.63) is 76.5 Å². The molecule has 0 radical (unpaired) electrons. The normalized spacial score (nSPS) is 15.6. The third kappa shape index (κ3) is 3.33. The summed E-state index contributed by atoms with van der Waals surface area (Å²) >= 11 is 0. The molecule has 0 unspecified atom stereocenters. The first-order valence-electron chi connectivity index (χ1n) is 9.79. The lowest BCUT2D eigenvalue weighted by atomic mass is 9.85. The molecule has 0 aliphatic heterocycles. The summed E-state index contributed by atoms with van der Waals surface area (Å²) < 4.78 is 0. The number of nitrogens with zero attached hydrogens (tertiary/aromatic N) is 1. The average Bonchev–Trinajstić information content (AvgIpc) is 2.66. The van der Waals surface area contributed by atoms with Gasteiger partial charge in [-0.3, -0.25) is 0 Å². The van der Waals surface area contributed by atoms with Crippen molar-refractivity contribution >= 4 is 28.5 Å². The van der Waals surface area contributed by atoms with Crippen molar-refractivity contribution in [2.75, 3.05) is 0 Å². The molecule has 3 nitrogen and oxygen atoms in total. The zero-order valence-electron chi connectivity index (χ0n) is 16.6. The van der Waals surface area contributed by atoms with Crippen LogP contribution in [0.15, 0.2) is 48.5 Å². The number of fused-ring (bicyclic) bond motifs is 2. The van der Waals surface area contributed by atoms with Gasteiger partial charge < -0.3 is 9.90 Å². The predicted octanol–water partition coefficient (Wildman–Crippen LogP) is 4.77. The number of allylic oxidation sites excluding steroid dienone is 1. The fourth-order valence-electron chi connectivity index (χ4n) is 3.99. The molecule has 0 bridgehead atoms. The van der Waals surface area contributed by atoms with Gasteiger partial charge in [0.2, 0.25) is 0 Å². The van der Waals surface area contributed by atoms with Crippen LogP contribution in [0.3, 0.4) is 0 Å². The van der Waals surface area contributed by atoms with Crippen LogP contribution in [0.1, 0.15) is 66.4 Å². The van der Waals surface area contributed by atoms with Crippen molar-refractivity contribution in [1.29, 1.82) is 0 Å². The topological polar surface area (TPSA) is 53.0 Å². The summed E-state index contributed by atoms with van der Waals surface area (Å²) in [5, 5.41) is 12.6. The van der Waals surface area contributed by atoms with Crippen molar-refractivity contribution in [2.24, 2.45) is 0 Å². The highest BCUT2D eigenvalue weighted by Crippen LogP contribution is 2.36. The van der Waals surface area contributed by atoms with Gasteiger partial charge in [0.15, 0.2) is 0 Å². The molecule has 0 saturated heterocycles. The largest absolute Gasteiger partial charge is 0.545 e. The second-order valence-corrected chi connectivity index (χ2v) is 8.51. The summed E-state index contributed by atoms with van der Waals surface area (Å²) in [6, 6.07) is 16.0. The molecule has 0 atom stereocenters. The molecule has 3 aromatic rings. The Bertz CT molecular complexity index is 1090. The maximum atomic E-state index is 11.9. The van der Waals surface area contributed by atoms with E-state index in [0.29, 0.717) is 16.5 Å². The van der Waals surface area contributed by atoms with Crippen molar-refractivity contribution in [3.8, 4) is 0 Å². The Morgan fingerprint density at radius 2 is 1.75 bits per heavy atom. The fourth-order valence-corrected chi connectivity index (χ4v) is 3.99. The van der Waals surface area contributed by atoms with Crippen molar-refractivity contribution in [2.45, 2.75) is 45.4 Å². The molecule has 142 valence electrons. The smallest absolute Gasteiger partial charge is 0.0725 e. The molecule has 28 heavy (non-hydrogen) atoms. The average molecular weight is 370 g/mol. The first kappa shape index (κ1) is 18.4. The number of aromatic nitrogens is 1. The lowest BCUT2D eigenvalue weighted by Crippen LogP contribution is -2.26. The van der Waals surface area contributed by atoms with Crippen molar-refractivity contribution in [3.63, 3.8) is 0 Å². The number of carbonyl (C=O) groups excluding carboxylic acids is 1. The van der Waals surface area contributed by atoms with Gasteiger partial charge in [-0.1, -0.05) is 63.2 Å². The molecule has 0 amide bonds. The highest BCUT2D eigenvalue weighted by Gasteiger charge is 2.22. The van der Waals surface area contributed by atoms with E-state index in [0.717, 1.165) is 41.7 Å². The highest BCUT2D eigenvalue weighted by atomic mass is 16.4. The summed E-state index contributed by atoms with van der Waals surface area (Å²) in [6.07, 6.45) is 4.67. The van der Waals surface area contributed by atoms with E-state index < -0.39 is 5.97 Å². The van der Waals surface area contributed by atoms with Gasteiger partial charge in [0.1, 0.15) is 0 Å². The second-order valence-electron chi connectivity index (χ2n) is 8.51. The number of pyridine rings is 1. The number of aromatic carboxylic acids is 1. The maximum Gasteiger partial charge on any atom is 0.0725 e. The third-order valence-electron chi connectivity index (χ3n) is 5.49. The molecule has 0 fully saturated rings. The molecular weight excluding hydrogens is 346 g/mol. The van der Waals surface area contributed by atoms with Gasteiger partial charge in [-0.05, 0) is 59.1 Å². The van der Waals surface area contributed by atoms with E-state index in [1.54, 1.807) is 0 Å². The van der Waals surface area contributed by atoms with Crippen molar-refractivity contribution < 1.29 is 9.90 Å². The molecule has 1 heterocycles. The number of para-hydroxylation sites is 1. The minimum atomic E-state index is -1.12. The van der Waals surface area contributed by atoms with Crippen LogP contribution in [0, 0.1) is 0 Å². The van der Waals surface area contributed by atoms with Gasteiger partial charge in [-0.25, -0.2) is 4.98 Å². The number of hydrogen-bond acceptors (Lipinski definition) is 3. The molecule has 4 rings (SSSR count). The second kappa shape index (κ2) is 6.90. The highest BCUT2D eigenvalue weighted by molar-refractivity contribution is 6.05. The van der Waals surface area contributed by atoms with Crippen LogP contribution in [-0.4, -0.2) is 11.0 Å². The summed E-state index contributed by atoms with van der Waals surface area (Å²) in [5.74, 6) is -1.12. The van der Waals surface area contributed by atoms with E-state index in [1.807, 2.05) is 24.3 Å². The van der Waals surface area contributed by atoms with Gasteiger partial charge in [-0.15, -0.1) is 0 Å². The summed E-state index contributed by atoms with van der Waals surface area (Å²) in [4.78, 5) is 16.8. The monoisotopic (exact) mass is 370 g/mol. The lowest BCUT2D eigenvalue weighted by Gasteiger charge is -2.23. The van der Waals surface area contributed by atoms with Crippen LogP contribution < -0.4 is 5.11 Å². The van der Waals surface area contributed by atoms with E-state index in [2.05, 4.69) is 51.1 Å². The van der Waals surface area contributed by atoms with Gasteiger partial charge >= 0.3 is 0 Å². The number of benzene rings is 2. The quantitative estimate of drug-likeness (QED) is 0.653. The Morgan fingerprint density at radius 3 is 2.43 bits per heavy atom. The van der Waals surface area contributed by atoms with E-state index >= 15 is 0 Å². The third-order valence-corrected chi connectivity index (χ3v) is 5.49. The summed E-state index contributed by atoms with van der Waals surface area (Å²) in [5.41, 5.74) is 6.24. The fraction of sp³-hybridized carbons (Fsp3) is 0.280. The Morgan fingerprint density at radius 1 is 1.04 bits per heavy atom. The molecular formula is C25H24NO2-. The molecule has 1 aliphatic rings. The minimum Gasteiger partial charge on any atom is -0.545 e. The van der Waals surface area contributed by atoms with Gasteiger partial charge in [0.25, 0.3) is 0 Å². The zero-order chi connectivity index (χ0) is 19.9. The number of carboxylic acids is 1. The Labute approximate surface area is 165 Å². The first-order valence-corrected chi connectivity index (χ1v) is 9.79. The molecule has 2 aromatic carbocycles. The Balaban J connectivity index is 1.85.